The molecule has 1 aliphatic carbocycles. The first kappa shape index (κ1) is 13.5. The molecule has 0 aliphatic heterocycles. The van der Waals surface area contributed by atoms with Crippen molar-refractivity contribution in [2.24, 2.45) is 11.7 Å². The van der Waals surface area contributed by atoms with Gasteiger partial charge in [0.15, 0.2) is 0 Å². The standard InChI is InChI=1S/C12H25N3O/c1-2-7-14-12(16)9-15-11-6-4-3-5-10(11)8-13/h10-11,15H,2-9,13H2,1H3,(H,14,16). The quantitative estimate of drug-likeness (QED) is 0.623. The van der Waals surface area contributed by atoms with Crippen LogP contribution in [0.15, 0.2) is 0 Å². The molecule has 0 heterocycles. The molecule has 2 atom stereocenters. The maximum absolute atomic E-state index is 11.4. The van der Waals surface area contributed by atoms with E-state index in [1.165, 1.54) is 19.3 Å². The van der Waals surface area contributed by atoms with Gasteiger partial charge in [0.25, 0.3) is 0 Å². The Morgan fingerprint density at radius 1 is 1.38 bits per heavy atom. The lowest BCUT2D eigenvalue weighted by Gasteiger charge is -2.31. The summed E-state index contributed by atoms with van der Waals surface area (Å²) >= 11 is 0. The van der Waals surface area contributed by atoms with Crippen LogP contribution in [0.3, 0.4) is 0 Å². The summed E-state index contributed by atoms with van der Waals surface area (Å²) in [4.78, 5) is 11.4. The molecule has 0 aromatic rings. The smallest absolute Gasteiger partial charge is 0.233 e. The Bertz CT molecular complexity index is 208. The molecular formula is C12H25N3O. The lowest BCUT2D eigenvalue weighted by molar-refractivity contribution is -0.120. The van der Waals surface area contributed by atoms with Crippen molar-refractivity contribution in [3.63, 3.8) is 0 Å². The van der Waals surface area contributed by atoms with Gasteiger partial charge in [-0.05, 0) is 31.7 Å². The lowest BCUT2D eigenvalue weighted by atomic mass is 9.84. The highest BCUT2D eigenvalue weighted by atomic mass is 16.1. The SMILES string of the molecule is CCCNC(=O)CNC1CCCCC1CN. The number of hydrogen-bond acceptors (Lipinski definition) is 3. The van der Waals surface area contributed by atoms with Crippen molar-refractivity contribution >= 4 is 5.91 Å². The fraction of sp³-hybridized carbons (Fsp3) is 0.917. The molecule has 0 bridgehead atoms. The molecule has 0 aromatic carbocycles. The van der Waals surface area contributed by atoms with Gasteiger partial charge in [-0.25, -0.2) is 0 Å². The molecule has 1 amide bonds. The summed E-state index contributed by atoms with van der Waals surface area (Å²) in [6.45, 7) is 3.99. The Hall–Kier alpha value is -0.610. The van der Waals surface area contributed by atoms with Gasteiger partial charge in [-0.2, -0.15) is 0 Å². The van der Waals surface area contributed by atoms with E-state index < -0.39 is 0 Å². The normalized spacial score (nSPS) is 25.4. The summed E-state index contributed by atoms with van der Waals surface area (Å²) in [7, 11) is 0. The summed E-state index contributed by atoms with van der Waals surface area (Å²) in [5.74, 6) is 0.649. The van der Waals surface area contributed by atoms with Crippen LogP contribution >= 0.6 is 0 Å². The highest BCUT2D eigenvalue weighted by Crippen LogP contribution is 2.23. The van der Waals surface area contributed by atoms with E-state index in [4.69, 9.17) is 5.73 Å². The van der Waals surface area contributed by atoms with Gasteiger partial charge in [0.05, 0.1) is 6.54 Å². The third kappa shape index (κ3) is 4.49. The molecule has 2 unspecified atom stereocenters. The summed E-state index contributed by atoms with van der Waals surface area (Å²) in [5, 5.41) is 6.21. The van der Waals surface area contributed by atoms with Crippen molar-refractivity contribution in [2.75, 3.05) is 19.6 Å². The molecule has 1 saturated carbocycles. The Labute approximate surface area is 98.3 Å². The van der Waals surface area contributed by atoms with Gasteiger partial charge in [0.2, 0.25) is 5.91 Å². The van der Waals surface area contributed by atoms with Crippen LogP contribution in [0.1, 0.15) is 39.0 Å². The monoisotopic (exact) mass is 227 g/mol. The van der Waals surface area contributed by atoms with Gasteiger partial charge in [-0.1, -0.05) is 19.8 Å². The van der Waals surface area contributed by atoms with E-state index in [1.807, 2.05) is 0 Å². The van der Waals surface area contributed by atoms with Gasteiger partial charge in [0.1, 0.15) is 0 Å². The number of amides is 1. The summed E-state index contributed by atoms with van der Waals surface area (Å²) < 4.78 is 0. The van der Waals surface area contributed by atoms with Crippen LogP contribution in [0.5, 0.6) is 0 Å². The molecule has 4 heteroatoms. The predicted octanol–water partition coefficient (Wildman–Crippen LogP) is 0.620. The molecule has 4 N–H and O–H groups in total. The molecule has 0 radical (unpaired) electrons. The number of rotatable bonds is 6. The molecule has 0 aromatic heterocycles. The highest BCUT2D eigenvalue weighted by Gasteiger charge is 2.23. The van der Waals surface area contributed by atoms with E-state index in [2.05, 4.69) is 17.6 Å². The Morgan fingerprint density at radius 3 is 2.81 bits per heavy atom. The second-order valence-corrected chi connectivity index (χ2v) is 4.62. The number of hydrogen-bond donors (Lipinski definition) is 3. The molecule has 1 aliphatic rings. The third-order valence-corrected chi connectivity index (χ3v) is 3.31. The van der Waals surface area contributed by atoms with Crippen molar-refractivity contribution in [2.45, 2.75) is 45.1 Å². The minimum absolute atomic E-state index is 0.100. The second kappa shape index (κ2) is 7.63. The summed E-state index contributed by atoms with van der Waals surface area (Å²) in [6.07, 6.45) is 5.88. The summed E-state index contributed by atoms with van der Waals surface area (Å²) in [5.41, 5.74) is 5.74. The first-order valence-corrected chi connectivity index (χ1v) is 6.48. The minimum Gasteiger partial charge on any atom is -0.355 e. The average Bonchev–Trinajstić information content (AvgIpc) is 2.34. The zero-order valence-electron chi connectivity index (χ0n) is 10.3. The van der Waals surface area contributed by atoms with Crippen molar-refractivity contribution in [3.8, 4) is 0 Å². The largest absolute Gasteiger partial charge is 0.355 e. The average molecular weight is 227 g/mol. The van der Waals surface area contributed by atoms with Crippen LogP contribution in [0.2, 0.25) is 0 Å². The topological polar surface area (TPSA) is 67.2 Å². The predicted molar refractivity (Wildman–Crippen MR) is 66.1 cm³/mol. The fourth-order valence-electron chi connectivity index (χ4n) is 2.31. The molecule has 1 rings (SSSR count). The van der Waals surface area contributed by atoms with Crippen LogP contribution in [0.25, 0.3) is 0 Å². The first-order chi connectivity index (χ1) is 7.77. The van der Waals surface area contributed by atoms with Gasteiger partial charge >= 0.3 is 0 Å². The molecule has 16 heavy (non-hydrogen) atoms. The zero-order valence-corrected chi connectivity index (χ0v) is 10.3. The molecule has 1 fully saturated rings. The molecule has 94 valence electrons. The van der Waals surface area contributed by atoms with Gasteiger partial charge < -0.3 is 16.4 Å². The van der Waals surface area contributed by atoms with E-state index in [1.54, 1.807) is 0 Å². The Morgan fingerprint density at radius 2 is 2.12 bits per heavy atom. The number of carbonyl (C=O) groups is 1. The van der Waals surface area contributed by atoms with E-state index in [0.29, 0.717) is 18.5 Å². The highest BCUT2D eigenvalue weighted by molar-refractivity contribution is 5.77. The van der Waals surface area contributed by atoms with Gasteiger partial charge in [-0.3, -0.25) is 4.79 Å². The third-order valence-electron chi connectivity index (χ3n) is 3.31. The number of nitrogens with one attached hydrogen (secondary N) is 2. The van der Waals surface area contributed by atoms with Gasteiger partial charge in [0, 0.05) is 12.6 Å². The molecule has 0 saturated heterocycles. The van der Waals surface area contributed by atoms with E-state index in [-0.39, 0.29) is 5.91 Å². The minimum atomic E-state index is 0.100. The van der Waals surface area contributed by atoms with Crippen molar-refractivity contribution in [1.82, 2.24) is 10.6 Å². The van der Waals surface area contributed by atoms with Crippen LogP contribution in [0, 0.1) is 5.92 Å². The Kier molecular flexibility index (Phi) is 6.42. The van der Waals surface area contributed by atoms with Crippen molar-refractivity contribution in [3.05, 3.63) is 0 Å². The Balaban J connectivity index is 2.21. The number of carbonyl (C=O) groups excluding carboxylic acids is 1. The van der Waals surface area contributed by atoms with Crippen molar-refractivity contribution < 1.29 is 4.79 Å². The van der Waals surface area contributed by atoms with Gasteiger partial charge in [-0.15, -0.1) is 0 Å². The molecular weight excluding hydrogens is 202 g/mol. The van der Waals surface area contributed by atoms with Crippen LogP contribution in [0.4, 0.5) is 0 Å². The van der Waals surface area contributed by atoms with Crippen LogP contribution in [-0.2, 0) is 4.79 Å². The van der Waals surface area contributed by atoms with E-state index in [0.717, 1.165) is 25.9 Å². The molecule has 0 spiro atoms. The van der Waals surface area contributed by atoms with E-state index in [9.17, 15) is 4.79 Å². The molecule has 4 nitrogen and oxygen atoms in total. The number of nitrogens with two attached hydrogens (primary N) is 1. The zero-order chi connectivity index (χ0) is 11.8. The lowest BCUT2D eigenvalue weighted by Crippen LogP contribution is -2.46. The van der Waals surface area contributed by atoms with E-state index >= 15 is 0 Å². The first-order valence-electron chi connectivity index (χ1n) is 6.48. The van der Waals surface area contributed by atoms with Crippen LogP contribution < -0.4 is 16.4 Å². The maximum Gasteiger partial charge on any atom is 0.233 e. The maximum atomic E-state index is 11.4. The fourth-order valence-corrected chi connectivity index (χ4v) is 2.31. The van der Waals surface area contributed by atoms with Crippen LogP contribution in [-0.4, -0.2) is 31.6 Å². The summed E-state index contributed by atoms with van der Waals surface area (Å²) in [6, 6.07) is 0.436. The second-order valence-electron chi connectivity index (χ2n) is 4.62. The van der Waals surface area contributed by atoms with Crippen molar-refractivity contribution in [1.29, 1.82) is 0 Å².